The summed E-state index contributed by atoms with van der Waals surface area (Å²) in [6.45, 7) is 0.677. The molecule has 0 bridgehead atoms. The first-order valence-electron chi connectivity index (χ1n) is 11.2. The Labute approximate surface area is 211 Å². The number of Topliss-reactive ketones (excluding diaryl/α,β-unsaturated/α-hetero) is 1. The Hall–Kier alpha value is -3.09. The van der Waals surface area contributed by atoms with Crippen LogP contribution in [-0.2, 0) is 0 Å². The van der Waals surface area contributed by atoms with Crippen molar-refractivity contribution in [2.75, 3.05) is 19.8 Å². The highest BCUT2D eigenvalue weighted by Crippen LogP contribution is 2.33. The van der Waals surface area contributed by atoms with Gasteiger partial charge >= 0.3 is 0 Å². The second-order valence-corrected chi connectivity index (χ2v) is 9.42. The minimum absolute atomic E-state index is 0.0204. The number of benzene rings is 1. The highest BCUT2D eigenvalue weighted by Gasteiger charge is 2.31. The summed E-state index contributed by atoms with van der Waals surface area (Å²) in [6.07, 6.45) is 3.66. The number of hydrogen-bond donors (Lipinski definition) is 4. The molecule has 1 aliphatic carbocycles. The van der Waals surface area contributed by atoms with Gasteiger partial charge in [0.15, 0.2) is 12.1 Å². The number of carbonyl (C=O) groups excluding carboxylic acids is 2. The number of nitrogens with two attached hydrogens (primary N) is 1. The van der Waals surface area contributed by atoms with Crippen molar-refractivity contribution < 1.29 is 34.0 Å². The van der Waals surface area contributed by atoms with Gasteiger partial charge in [0.1, 0.15) is 23.4 Å². The maximum Gasteiger partial charge on any atom is 0.184 e. The molecule has 2 heterocycles. The van der Waals surface area contributed by atoms with Crippen LogP contribution in [0.4, 0.5) is 4.39 Å². The lowest BCUT2D eigenvalue weighted by Crippen LogP contribution is -2.50. The molecule has 11 heteroatoms. The van der Waals surface area contributed by atoms with Crippen LogP contribution >= 0.6 is 11.5 Å². The Bertz CT molecular complexity index is 1170. The van der Waals surface area contributed by atoms with Crippen LogP contribution in [0.2, 0.25) is 0 Å². The zero-order chi connectivity index (χ0) is 26.3. The van der Waals surface area contributed by atoms with E-state index >= 15 is 0 Å². The number of aldehydes is 1. The van der Waals surface area contributed by atoms with Gasteiger partial charge in [0, 0.05) is 11.5 Å². The highest BCUT2D eigenvalue weighted by molar-refractivity contribution is 7.06. The van der Waals surface area contributed by atoms with E-state index < -0.39 is 31.2 Å². The normalized spacial score (nSPS) is 13.9. The third-order valence-corrected chi connectivity index (χ3v) is 6.50. The fourth-order valence-corrected chi connectivity index (χ4v) is 3.68. The van der Waals surface area contributed by atoms with Crippen molar-refractivity contribution in [3.05, 3.63) is 64.5 Å². The summed E-state index contributed by atoms with van der Waals surface area (Å²) in [5, 5.41) is 25.0. The van der Waals surface area contributed by atoms with Gasteiger partial charge < -0.3 is 25.8 Å². The van der Waals surface area contributed by atoms with Crippen LogP contribution in [0, 0.1) is 11.7 Å². The number of rotatable bonds is 10. The number of hydrogen-bond acceptors (Lipinski definition) is 10. The van der Waals surface area contributed by atoms with Crippen LogP contribution < -0.4 is 10.5 Å². The molecule has 0 saturated heterocycles. The minimum Gasteiger partial charge on any atom is -0.484 e. The number of aromatic nitrogens is 2. The number of halogens is 1. The van der Waals surface area contributed by atoms with Crippen LogP contribution in [-0.4, -0.2) is 62.1 Å². The van der Waals surface area contributed by atoms with Gasteiger partial charge in [0.05, 0.1) is 47.7 Å². The van der Waals surface area contributed by atoms with E-state index in [1.54, 1.807) is 24.4 Å². The first-order chi connectivity index (χ1) is 17.2. The molecule has 36 heavy (non-hydrogen) atoms. The van der Waals surface area contributed by atoms with Gasteiger partial charge in [-0.1, -0.05) is 6.07 Å². The Kier molecular flexibility index (Phi) is 9.35. The molecule has 1 saturated carbocycles. The summed E-state index contributed by atoms with van der Waals surface area (Å²) in [5.74, 6) is 0.230. The number of pyridine rings is 1. The topological polar surface area (TPSA) is 156 Å². The van der Waals surface area contributed by atoms with Gasteiger partial charge in [-0.15, -0.1) is 0 Å². The first kappa shape index (κ1) is 27.5. The molecule has 1 atom stereocenters. The molecule has 4 rings (SSSR count). The summed E-state index contributed by atoms with van der Waals surface area (Å²) in [4.78, 5) is 27.8. The van der Waals surface area contributed by atoms with E-state index in [2.05, 4.69) is 9.36 Å². The monoisotopic (exact) mass is 517 g/mol. The quantitative estimate of drug-likeness (QED) is 0.234. The lowest BCUT2D eigenvalue weighted by Gasteiger charge is -2.20. The molecule has 0 amide bonds. The summed E-state index contributed by atoms with van der Waals surface area (Å²) >= 11 is 1.27. The second-order valence-electron chi connectivity index (χ2n) is 8.58. The molecule has 0 aliphatic heterocycles. The predicted molar refractivity (Wildman–Crippen MR) is 131 cm³/mol. The van der Waals surface area contributed by atoms with E-state index in [1.807, 2.05) is 13.0 Å². The van der Waals surface area contributed by atoms with Crippen LogP contribution in [0.25, 0.3) is 11.3 Å². The number of carbonyl (C=O) groups is 2. The van der Waals surface area contributed by atoms with Crippen molar-refractivity contribution in [2.45, 2.75) is 31.4 Å². The van der Waals surface area contributed by atoms with Crippen LogP contribution in [0.15, 0.2) is 42.6 Å². The lowest BCUT2D eigenvalue weighted by atomic mass is 10.1. The van der Waals surface area contributed by atoms with Crippen molar-refractivity contribution in [2.24, 2.45) is 11.7 Å². The predicted octanol–water partition coefficient (Wildman–Crippen LogP) is 2.55. The highest BCUT2D eigenvalue weighted by atomic mass is 32.1. The Balaban J connectivity index is 0.000000392. The van der Waals surface area contributed by atoms with Crippen molar-refractivity contribution in [3.63, 3.8) is 0 Å². The van der Waals surface area contributed by atoms with Gasteiger partial charge in [-0.25, -0.2) is 9.37 Å². The van der Waals surface area contributed by atoms with Crippen LogP contribution in [0.5, 0.6) is 5.75 Å². The van der Waals surface area contributed by atoms with Gasteiger partial charge in [-0.3, -0.25) is 9.59 Å². The average molecular weight is 518 g/mol. The minimum atomic E-state index is -1.21. The smallest absolute Gasteiger partial charge is 0.184 e. The third kappa shape index (κ3) is 6.99. The Morgan fingerprint density at radius 3 is 2.42 bits per heavy atom. The molecule has 9 nitrogen and oxygen atoms in total. The molecule has 2 aromatic heterocycles. The van der Waals surface area contributed by atoms with Crippen LogP contribution in [0.3, 0.4) is 0 Å². The van der Waals surface area contributed by atoms with E-state index in [1.165, 1.54) is 23.7 Å². The van der Waals surface area contributed by atoms with E-state index in [-0.39, 0.29) is 23.4 Å². The zero-order valence-electron chi connectivity index (χ0n) is 19.6. The van der Waals surface area contributed by atoms with Crippen LogP contribution in [0.1, 0.15) is 51.6 Å². The third-order valence-electron chi connectivity index (χ3n) is 5.55. The van der Waals surface area contributed by atoms with Crippen molar-refractivity contribution in [3.8, 4) is 17.0 Å². The molecular formula is C25H28FN3O6S. The standard InChI is InChI=1S/C21H17FN2O3S.C4H11NO3/c1-12(27-16-6-7-18(23-10-16)21(26)13-2-3-13)20-9-19(24-28-20)14-4-5-15(11-25)17(22)8-14;5-4(1-6,2-7)3-8/h4-13H,2-3H2,1H3;6-8H,1-3,5H2. The lowest BCUT2D eigenvalue weighted by molar-refractivity contribution is 0.0697. The average Bonchev–Trinajstić information content (AvgIpc) is 3.64. The molecule has 1 fully saturated rings. The molecule has 3 aromatic rings. The van der Waals surface area contributed by atoms with Gasteiger partial charge in [0.25, 0.3) is 0 Å². The summed E-state index contributed by atoms with van der Waals surface area (Å²) in [5.41, 5.74) is 5.65. The summed E-state index contributed by atoms with van der Waals surface area (Å²) < 4.78 is 24.1. The molecule has 0 radical (unpaired) electrons. The molecule has 0 spiro atoms. The van der Waals surface area contributed by atoms with Crippen molar-refractivity contribution in [1.29, 1.82) is 0 Å². The maximum absolute atomic E-state index is 13.8. The molecule has 1 unspecified atom stereocenters. The maximum atomic E-state index is 13.8. The Morgan fingerprint density at radius 2 is 1.92 bits per heavy atom. The largest absolute Gasteiger partial charge is 0.484 e. The number of aliphatic hydroxyl groups excluding tert-OH is 3. The molecule has 1 aromatic carbocycles. The van der Waals surface area contributed by atoms with E-state index in [0.29, 0.717) is 29.0 Å². The van der Waals surface area contributed by atoms with Gasteiger partial charge in [-0.2, -0.15) is 4.37 Å². The molecule has 5 N–H and O–H groups in total. The fourth-order valence-electron chi connectivity index (χ4n) is 2.96. The molecule has 1 aliphatic rings. The number of ether oxygens (including phenoxy) is 1. The first-order valence-corrected chi connectivity index (χ1v) is 12.0. The number of aliphatic hydroxyl groups is 3. The second kappa shape index (κ2) is 12.2. The van der Waals surface area contributed by atoms with Gasteiger partial charge in [0.2, 0.25) is 0 Å². The number of nitrogens with zero attached hydrogens (tertiary/aromatic N) is 2. The van der Waals surface area contributed by atoms with E-state index in [4.69, 9.17) is 25.8 Å². The number of ketones is 1. The fraction of sp³-hybridized carbons (Fsp3) is 0.360. The summed E-state index contributed by atoms with van der Waals surface area (Å²) in [6, 6.07) is 9.67. The van der Waals surface area contributed by atoms with E-state index in [0.717, 1.165) is 17.7 Å². The van der Waals surface area contributed by atoms with Crippen molar-refractivity contribution >= 4 is 23.6 Å². The van der Waals surface area contributed by atoms with Crippen molar-refractivity contribution in [1.82, 2.24) is 9.36 Å². The SMILES string of the molecule is CC(Oc1ccc(C(=O)C2CC2)nc1)c1cc(-c2ccc(C=O)c(F)c2)ns1.NC(CO)(CO)CO. The Morgan fingerprint density at radius 1 is 1.22 bits per heavy atom. The summed E-state index contributed by atoms with van der Waals surface area (Å²) in [7, 11) is 0. The molecule has 192 valence electrons. The zero-order valence-corrected chi connectivity index (χ0v) is 20.4. The molecular weight excluding hydrogens is 489 g/mol. The van der Waals surface area contributed by atoms with E-state index in [9.17, 15) is 14.0 Å². The van der Waals surface area contributed by atoms with Gasteiger partial charge in [-0.05, 0) is 61.6 Å².